The Bertz CT molecular complexity index is 3950. The van der Waals surface area contributed by atoms with Crippen molar-refractivity contribution >= 4 is 11.0 Å². The van der Waals surface area contributed by atoms with Crippen LogP contribution in [0, 0.1) is 0 Å². The number of imidazole rings is 1. The topological polar surface area (TPSA) is 95.2 Å². The third-order valence-corrected chi connectivity index (χ3v) is 13.9. The van der Waals surface area contributed by atoms with Gasteiger partial charge in [0.15, 0.2) is 34.9 Å². The summed E-state index contributed by atoms with van der Waals surface area (Å²) < 4.78 is 2.23. The molecule has 0 saturated heterocycles. The third-order valence-electron chi connectivity index (χ3n) is 13.9. The van der Waals surface area contributed by atoms with Crippen LogP contribution in [0.3, 0.4) is 0 Å². The van der Waals surface area contributed by atoms with Crippen LogP contribution in [-0.2, 0) is 0 Å². The molecule has 12 aromatic rings. The molecule has 71 heavy (non-hydrogen) atoms. The lowest BCUT2D eigenvalue weighted by molar-refractivity contribution is 0.754. The van der Waals surface area contributed by atoms with Gasteiger partial charge in [0.05, 0.1) is 16.7 Å². The molecule has 0 spiro atoms. The van der Waals surface area contributed by atoms with Gasteiger partial charge >= 0.3 is 0 Å². The van der Waals surface area contributed by atoms with Gasteiger partial charge in [-0.25, -0.2) is 34.9 Å². The van der Waals surface area contributed by atoms with Gasteiger partial charge in [-0.1, -0.05) is 194 Å². The second kappa shape index (κ2) is 16.6. The van der Waals surface area contributed by atoms with Gasteiger partial charge < -0.3 is 0 Å². The molecule has 3 aliphatic carbocycles. The number of fused-ring (bicyclic) bond motifs is 1. The third kappa shape index (κ3) is 6.87. The molecule has 0 N–H and O–H groups in total. The van der Waals surface area contributed by atoms with Crippen molar-refractivity contribution in [1.82, 2.24) is 39.5 Å². The summed E-state index contributed by atoms with van der Waals surface area (Å²) in [6, 6.07) is 79.9. The Kier molecular flexibility index (Phi) is 9.48. The van der Waals surface area contributed by atoms with Gasteiger partial charge in [0.25, 0.3) is 0 Å². The number of hydrogen-bond acceptors (Lipinski definition) is 7. The van der Waals surface area contributed by atoms with Gasteiger partial charge in [-0.2, -0.15) is 0 Å². The molecule has 2 bridgehead atoms. The van der Waals surface area contributed by atoms with Crippen molar-refractivity contribution in [2.24, 2.45) is 0 Å². The maximum atomic E-state index is 5.38. The van der Waals surface area contributed by atoms with E-state index in [1.54, 1.807) is 0 Å². The van der Waals surface area contributed by atoms with Crippen molar-refractivity contribution in [3.8, 4) is 85.4 Å². The van der Waals surface area contributed by atoms with Crippen LogP contribution in [0.2, 0.25) is 0 Å². The van der Waals surface area contributed by atoms with E-state index in [2.05, 4.69) is 138 Å². The molecule has 3 aromatic heterocycles. The molecule has 0 aliphatic heterocycles. The van der Waals surface area contributed by atoms with E-state index in [-0.39, 0.29) is 11.8 Å². The van der Waals surface area contributed by atoms with E-state index in [1.165, 1.54) is 33.4 Å². The quantitative estimate of drug-likeness (QED) is 0.150. The van der Waals surface area contributed by atoms with Crippen LogP contribution < -0.4 is 0 Å². The minimum Gasteiger partial charge on any atom is -0.292 e. The first-order chi connectivity index (χ1) is 35.2. The first kappa shape index (κ1) is 40.5. The zero-order valence-corrected chi connectivity index (χ0v) is 38.2. The number of benzene rings is 9. The number of hydrogen-bond donors (Lipinski definition) is 0. The highest BCUT2D eigenvalue weighted by Gasteiger charge is 2.41. The molecule has 0 saturated carbocycles. The standard InChI is InChI=1S/C63H40N8/c1-5-19-39(20-6-1)57-65-58(40-21-7-2-8-22-40)67-60(66-57)43-33-35-47-50(37-43)55-45-27-13-14-28-46(45)56(47)51-38-44(34-36-48(51)55)61-68-59(41-23-9-3-10-24-41)69-62(70-61)49-29-15-17-31-53(49)71-54-32-18-16-30-52(54)64-63(71)42-25-11-4-12-26-42/h1-38,55-56H. The number of para-hydroxylation sites is 3. The van der Waals surface area contributed by atoms with Crippen molar-refractivity contribution in [3.05, 3.63) is 264 Å². The highest BCUT2D eigenvalue weighted by Crippen LogP contribution is 2.56. The zero-order valence-electron chi connectivity index (χ0n) is 38.2. The second-order valence-corrected chi connectivity index (χ2v) is 18.0. The summed E-state index contributed by atoms with van der Waals surface area (Å²) in [5.74, 6) is 4.56. The Morgan fingerprint density at radius 1 is 0.268 bits per heavy atom. The fourth-order valence-corrected chi connectivity index (χ4v) is 10.7. The minimum absolute atomic E-state index is 0.00344. The molecular weight excluding hydrogens is 869 g/mol. The van der Waals surface area contributed by atoms with Crippen molar-refractivity contribution in [2.45, 2.75) is 11.8 Å². The van der Waals surface area contributed by atoms with E-state index in [9.17, 15) is 0 Å². The summed E-state index contributed by atoms with van der Waals surface area (Å²) >= 11 is 0. The average Bonchev–Trinajstić information content (AvgIpc) is 3.85. The van der Waals surface area contributed by atoms with Gasteiger partial charge in [-0.05, 0) is 69.8 Å². The number of nitrogens with zero attached hydrogens (tertiary/aromatic N) is 8. The van der Waals surface area contributed by atoms with Gasteiger partial charge in [0.1, 0.15) is 5.82 Å². The van der Waals surface area contributed by atoms with Gasteiger partial charge in [-0.3, -0.25) is 4.57 Å². The van der Waals surface area contributed by atoms with Gasteiger partial charge in [0.2, 0.25) is 0 Å². The summed E-state index contributed by atoms with van der Waals surface area (Å²) in [5, 5.41) is 0. The molecule has 3 heterocycles. The Labute approximate surface area is 409 Å². The summed E-state index contributed by atoms with van der Waals surface area (Å²) in [6.07, 6.45) is 0. The van der Waals surface area contributed by atoms with Crippen LogP contribution in [0.1, 0.15) is 45.2 Å². The van der Waals surface area contributed by atoms with E-state index < -0.39 is 0 Å². The highest BCUT2D eigenvalue weighted by molar-refractivity contribution is 5.86. The lowest BCUT2D eigenvalue weighted by Crippen LogP contribution is -2.27. The molecule has 2 unspecified atom stereocenters. The van der Waals surface area contributed by atoms with Crippen LogP contribution in [-0.4, -0.2) is 39.5 Å². The lowest BCUT2D eigenvalue weighted by atomic mass is 9.61. The highest BCUT2D eigenvalue weighted by atomic mass is 15.1. The Hall–Kier alpha value is -9.53. The Balaban J connectivity index is 0.909. The van der Waals surface area contributed by atoms with Crippen LogP contribution in [0.15, 0.2) is 231 Å². The van der Waals surface area contributed by atoms with Gasteiger partial charge in [-0.15, -0.1) is 0 Å². The van der Waals surface area contributed by atoms with E-state index >= 15 is 0 Å². The lowest BCUT2D eigenvalue weighted by Gasteiger charge is -2.42. The normalized spacial score (nSPS) is 14.2. The first-order valence-corrected chi connectivity index (χ1v) is 23.9. The molecule has 9 aromatic carbocycles. The van der Waals surface area contributed by atoms with E-state index in [0.717, 1.165) is 61.5 Å². The van der Waals surface area contributed by atoms with E-state index in [4.69, 9.17) is 34.9 Å². The van der Waals surface area contributed by atoms with Crippen LogP contribution in [0.4, 0.5) is 0 Å². The number of aromatic nitrogens is 8. The average molecular weight is 909 g/mol. The molecule has 0 radical (unpaired) electrons. The van der Waals surface area contributed by atoms with Gasteiger partial charge in [0, 0.05) is 50.8 Å². The molecule has 8 nitrogen and oxygen atoms in total. The second-order valence-electron chi connectivity index (χ2n) is 18.0. The van der Waals surface area contributed by atoms with Crippen LogP contribution in [0.5, 0.6) is 0 Å². The van der Waals surface area contributed by atoms with E-state index in [1.807, 2.05) is 97.1 Å². The smallest absolute Gasteiger partial charge is 0.166 e. The van der Waals surface area contributed by atoms with E-state index in [0.29, 0.717) is 34.9 Å². The largest absolute Gasteiger partial charge is 0.292 e. The Morgan fingerprint density at radius 2 is 0.648 bits per heavy atom. The molecule has 332 valence electrons. The van der Waals surface area contributed by atoms with Crippen molar-refractivity contribution in [2.75, 3.05) is 0 Å². The molecule has 3 aliphatic rings. The summed E-state index contributed by atoms with van der Waals surface area (Å²) in [4.78, 5) is 36.2. The van der Waals surface area contributed by atoms with Crippen molar-refractivity contribution in [3.63, 3.8) is 0 Å². The predicted molar refractivity (Wildman–Crippen MR) is 281 cm³/mol. The fraction of sp³-hybridized carbons (Fsp3) is 0.0317. The van der Waals surface area contributed by atoms with Crippen molar-refractivity contribution < 1.29 is 0 Å². The summed E-state index contributed by atoms with van der Waals surface area (Å²) in [6.45, 7) is 0. The maximum absolute atomic E-state index is 5.38. The van der Waals surface area contributed by atoms with Crippen LogP contribution in [0.25, 0.3) is 96.4 Å². The molecular formula is C63H40N8. The van der Waals surface area contributed by atoms with Crippen LogP contribution >= 0.6 is 0 Å². The predicted octanol–water partition coefficient (Wildman–Crippen LogP) is 14.1. The van der Waals surface area contributed by atoms with Crippen molar-refractivity contribution in [1.29, 1.82) is 0 Å². The molecule has 8 heteroatoms. The molecule has 15 rings (SSSR count). The summed E-state index contributed by atoms with van der Waals surface area (Å²) in [7, 11) is 0. The zero-order chi connectivity index (χ0) is 46.8. The fourth-order valence-electron chi connectivity index (χ4n) is 10.7. The Morgan fingerprint density at radius 3 is 1.15 bits per heavy atom. The SMILES string of the molecule is c1ccc(-c2nc(-c3ccccc3)nc(-c3ccc4c(c3)C3c5ccccc5C4c4cc(-c5nc(-c6ccccc6)nc(-c6ccccc6-n6c(-c7ccccc7)nc7ccccc76)n5)ccc43)n2)cc1. The molecule has 0 amide bonds. The molecule has 2 atom stereocenters. The minimum atomic E-state index is -0.00475. The first-order valence-electron chi connectivity index (χ1n) is 23.9. The summed E-state index contributed by atoms with van der Waals surface area (Å²) in [5.41, 5.74) is 17.1. The number of rotatable bonds is 8. The monoisotopic (exact) mass is 908 g/mol. The maximum Gasteiger partial charge on any atom is 0.166 e. The molecule has 0 fully saturated rings.